The molecule has 20 heavy (non-hydrogen) atoms. The molecule has 1 aliphatic heterocycles. The number of nitrogens with one attached hydrogen (secondary N) is 1. The van der Waals surface area contributed by atoms with Crippen LogP contribution in [0.15, 0.2) is 5.16 Å². The second-order valence-corrected chi connectivity index (χ2v) is 7.19. The van der Waals surface area contributed by atoms with E-state index >= 15 is 0 Å². The first-order valence-electron chi connectivity index (χ1n) is 7.36. The van der Waals surface area contributed by atoms with Crippen molar-refractivity contribution < 1.29 is 10.0 Å². The Balaban J connectivity index is 0.000000347. The number of hydrogen-bond donors (Lipinski definition) is 2. The van der Waals surface area contributed by atoms with Crippen LogP contribution in [0, 0.1) is 10.8 Å². The molecule has 2 N–H and O–H groups in total. The van der Waals surface area contributed by atoms with E-state index in [2.05, 4.69) is 36.1 Å². The molecule has 2 bridgehead atoms. The molecular formula is C15H29N3O2. The summed E-state index contributed by atoms with van der Waals surface area (Å²) < 4.78 is 0. The molecule has 116 valence electrons. The highest BCUT2D eigenvalue weighted by Crippen LogP contribution is 2.52. The Morgan fingerprint density at radius 1 is 1.40 bits per heavy atom. The maximum atomic E-state index is 9.10. The minimum atomic E-state index is 0.389. The van der Waals surface area contributed by atoms with Gasteiger partial charge in [-0.3, -0.25) is 9.69 Å². The van der Waals surface area contributed by atoms with E-state index in [9.17, 15) is 0 Å². The number of carbonyl (C=O) groups excluding carboxylic acids is 1. The average molecular weight is 283 g/mol. The van der Waals surface area contributed by atoms with Gasteiger partial charge < -0.3 is 10.5 Å². The third-order valence-electron chi connectivity index (χ3n) is 4.30. The highest BCUT2D eigenvalue weighted by Gasteiger charge is 2.49. The predicted molar refractivity (Wildman–Crippen MR) is 81.4 cm³/mol. The van der Waals surface area contributed by atoms with E-state index in [1.165, 1.54) is 32.4 Å². The largest absolute Gasteiger partial charge is 0.411 e. The van der Waals surface area contributed by atoms with E-state index in [-0.39, 0.29) is 0 Å². The standard InChI is InChI=1S/C13H26N2.C2H3NO2/c1-12(2)7-11-8-13(3,9-12)10-15(11)6-5-14-4;4-2-1-3-5/h11,14H,5-10H2,1-4H3;1-2,5H/b;3-1+. The molecule has 5 nitrogen and oxygen atoms in total. The second kappa shape index (κ2) is 7.18. The van der Waals surface area contributed by atoms with E-state index in [4.69, 9.17) is 10.0 Å². The quantitative estimate of drug-likeness (QED) is 0.357. The Hall–Kier alpha value is -0.940. The second-order valence-electron chi connectivity index (χ2n) is 7.19. The Labute approximate surface area is 122 Å². The zero-order valence-corrected chi connectivity index (χ0v) is 13.2. The smallest absolute Gasteiger partial charge is 0.164 e. The van der Waals surface area contributed by atoms with Crippen LogP contribution in [-0.4, -0.2) is 55.3 Å². The third-order valence-corrected chi connectivity index (χ3v) is 4.30. The third kappa shape index (κ3) is 4.87. The molecule has 0 aromatic carbocycles. The zero-order chi connectivity index (χ0) is 15.2. The summed E-state index contributed by atoms with van der Waals surface area (Å²) in [5.74, 6) is 0. The minimum Gasteiger partial charge on any atom is -0.411 e. The number of likely N-dealkylation sites (N-methyl/N-ethyl adjacent to an activating group) is 1. The molecule has 5 heteroatoms. The molecule has 0 aromatic heterocycles. The number of fused-ring (bicyclic) bond motifs is 2. The molecular weight excluding hydrogens is 254 g/mol. The summed E-state index contributed by atoms with van der Waals surface area (Å²) in [6, 6.07) is 0.854. The maximum absolute atomic E-state index is 9.10. The number of hydrogen-bond acceptors (Lipinski definition) is 5. The van der Waals surface area contributed by atoms with Crippen LogP contribution in [0.25, 0.3) is 0 Å². The van der Waals surface area contributed by atoms with Crippen molar-refractivity contribution in [2.24, 2.45) is 16.0 Å². The SMILES string of the molecule is CNCCN1CC2(C)CC1CC(C)(C)C2.O=C/C=N/O. The molecule has 1 heterocycles. The topological polar surface area (TPSA) is 64.9 Å². The van der Waals surface area contributed by atoms with Gasteiger partial charge in [0.25, 0.3) is 0 Å². The fourth-order valence-electron chi connectivity index (χ4n) is 4.12. The number of carbonyl (C=O) groups is 1. The van der Waals surface area contributed by atoms with Crippen molar-refractivity contribution in [1.82, 2.24) is 10.2 Å². The average Bonchev–Trinajstić information content (AvgIpc) is 2.57. The normalized spacial score (nSPS) is 31.9. The van der Waals surface area contributed by atoms with Gasteiger partial charge >= 0.3 is 0 Å². The van der Waals surface area contributed by atoms with E-state index < -0.39 is 0 Å². The van der Waals surface area contributed by atoms with Gasteiger partial charge in [-0.2, -0.15) is 0 Å². The van der Waals surface area contributed by atoms with Gasteiger partial charge in [-0.1, -0.05) is 25.9 Å². The van der Waals surface area contributed by atoms with Crippen LogP contribution in [0.2, 0.25) is 0 Å². The molecule has 0 radical (unpaired) electrons. The molecule has 1 saturated heterocycles. The molecule has 2 fully saturated rings. The van der Waals surface area contributed by atoms with Gasteiger partial charge in [-0.05, 0) is 37.1 Å². The molecule has 0 aromatic rings. The predicted octanol–water partition coefficient (Wildman–Crippen LogP) is 1.75. The molecule has 2 rings (SSSR count). The van der Waals surface area contributed by atoms with Crippen molar-refractivity contribution in [3.05, 3.63) is 0 Å². The van der Waals surface area contributed by atoms with Gasteiger partial charge in [-0.15, -0.1) is 0 Å². The molecule has 1 saturated carbocycles. The van der Waals surface area contributed by atoms with Gasteiger partial charge in [0.2, 0.25) is 0 Å². The van der Waals surface area contributed by atoms with Gasteiger partial charge in [0.15, 0.2) is 6.29 Å². The summed E-state index contributed by atoms with van der Waals surface area (Å²) in [5, 5.41) is 13.0. The van der Waals surface area contributed by atoms with Crippen molar-refractivity contribution in [3.63, 3.8) is 0 Å². The maximum Gasteiger partial charge on any atom is 0.164 e. The number of nitrogens with zero attached hydrogens (tertiary/aromatic N) is 2. The fraction of sp³-hybridized carbons (Fsp3) is 0.867. The zero-order valence-electron chi connectivity index (χ0n) is 13.2. The van der Waals surface area contributed by atoms with Crippen molar-refractivity contribution in [2.45, 2.75) is 46.1 Å². The molecule has 2 aliphatic rings. The van der Waals surface area contributed by atoms with Crippen LogP contribution < -0.4 is 5.32 Å². The summed E-state index contributed by atoms with van der Waals surface area (Å²) in [6.45, 7) is 11.1. The molecule has 1 aliphatic carbocycles. The highest BCUT2D eigenvalue weighted by atomic mass is 16.4. The first-order valence-corrected chi connectivity index (χ1v) is 7.36. The van der Waals surface area contributed by atoms with Crippen molar-refractivity contribution in [1.29, 1.82) is 0 Å². The van der Waals surface area contributed by atoms with Crippen LogP contribution in [-0.2, 0) is 4.79 Å². The number of aldehydes is 1. The fourth-order valence-corrected chi connectivity index (χ4v) is 4.12. The van der Waals surface area contributed by atoms with Gasteiger partial charge in [0, 0.05) is 25.7 Å². The van der Waals surface area contributed by atoms with E-state index in [1.54, 1.807) is 0 Å². The lowest BCUT2D eigenvalue weighted by atomic mass is 9.65. The Morgan fingerprint density at radius 3 is 2.60 bits per heavy atom. The van der Waals surface area contributed by atoms with Gasteiger partial charge in [-0.25, -0.2) is 0 Å². The summed E-state index contributed by atoms with van der Waals surface area (Å²) >= 11 is 0. The lowest BCUT2D eigenvalue weighted by Crippen LogP contribution is -2.37. The Morgan fingerprint density at radius 2 is 2.10 bits per heavy atom. The number of oxime groups is 1. The van der Waals surface area contributed by atoms with E-state index in [0.717, 1.165) is 18.8 Å². The summed E-state index contributed by atoms with van der Waals surface area (Å²) in [6.07, 6.45) is 5.37. The van der Waals surface area contributed by atoms with Crippen LogP contribution in [0.1, 0.15) is 40.0 Å². The highest BCUT2D eigenvalue weighted by molar-refractivity contribution is 6.12. The van der Waals surface area contributed by atoms with Crippen LogP contribution in [0.5, 0.6) is 0 Å². The van der Waals surface area contributed by atoms with E-state index in [1.807, 2.05) is 7.05 Å². The van der Waals surface area contributed by atoms with Crippen molar-refractivity contribution >= 4 is 12.5 Å². The summed E-state index contributed by atoms with van der Waals surface area (Å²) in [5.41, 5.74) is 1.16. The van der Waals surface area contributed by atoms with Crippen LogP contribution >= 0.6 is 0 Å². The van der Waals surface area contributed by atoms with Crippen LogP contribution in [0.3, 0.4) is 0 Å². The van der Waals surface area contributed by atoms with Gasteiger partial charge in [0.1, 0.15) is 6.21 Å². The molecule has 0 amide bonds. The van der Waals surface area contributed by atoms with Crippen molar-refractivity contribution in [3.8, 4) is 0 Å². The first-order chi connectivity index (χ1) is 9.36. The van der Waals surface area contributed by atoms with Crippen LogP contribution in [0.4, 0.5) is 0 Å². The minimum absolute atomic E-state index is 0.389. The van der Waals surface area contributed by atoms with Gasteiger partial charge in [0.05, 0.1) is 0 Å². The molecule has 0 spiro atoms. The summed E-state index contributed by atoms with van der Waals surface area (Å²) in [4.78, 5) is 11.8. The monoisotopic (exact) mass is 283 g/mol. The molecule has 2 atom stereocenters. The Kier molecular flexibility index (Phi) is 6.14. The van der Waals surface area contributed by atoms with Crippen molar-refractivity contribution in [2.75, 3.05) is 26.7 Å². The lowest BCUT2D eigenvalue weighted by molar-refractivity contribution is -0.102. The lowest BCUT2D eigenvalue weighted by Gasteiger charge is -2.39. The number of likely N-dealkylation sites (tertiary alicyclic amines) is 1. The first kappa shape index (κ1) is 17.1. The Bertz CT molecular complexity index is 344. The number of rotatable bonds is 4. The molecule has 2 unspecified atom stereocenters. The van der Waals surface area contributed by atoms with E-state index in [0.29, 0.717) is 17.1 Å². The summed E-state index contributed by atoms with van der Waals surface area (Å²) in [7, 11) is 2.05.